The first-order chi connectivity index (χ1) is 18.2. The highest BCUT2D eigenvalue weighted by Crippen LogP contribution is 2.43. The number of carbonyl (C=O) groups is 1. The molecule has 0 atom stereocenters. The lowest BCUT2D eigenvalue weighted by atomic mass is 10.1. The van der Waals surface area contributed by atoms with E-state index in [0.29, 0.717) is 11.3 Å². The van der Waals surface area contributed by atoms with Gasteiger partial charge in [-0.1, -0.05) is 12.1 Å². The van der Waals surface area contributed by atoms with Gasteiger partial charge in [-0.25, -0.2) is 0 Å². The van der Waals surface area contributed by atoms with Crippen LogP contribution in [0.4, 0.5) is 11.4 Å². The molecule has 0 radical (unpaired) electrons. The van der Waals surface area contributed by atoms with Crippen molar-refractivity contribution in [2.75, 3.05) is 14.2 Å². The number of benzene rings is 3. The lowest BCUT2D eigenvalue weighted by molar-refractivity contribution is -0.394. The highest BCUT2D eigenvalue weighted by Gasteiger charge is 2.23. The molecule has 0 spiro atoms. The van der Waals surface area contributed by atoms with Crippen LogP contribution in [0.2, 0.25) is 0 Å². The van der Waals surface area contributed by atoms with Gasteiger partial charge in [0.1, 0.15) is 17.4 Å². The van der Waals surface area contributed by atoms with Crippen LogP contribution in [-0.2, 0) is 11.3 Å². The zero-order valence-corrected chi connectivity index (χ0v) is 21.6. The molecule has 0 aliphatic rings. The maximum Gasteiger partial charge on any atom is 0.318 e. The molecule has 0 heterocycles. The fraction of sp³-hybridized carbons (Fsp3) is 0.120. The highest BCUT2D eigenvalue weighted by atomic mass is 79.9. The van der Waals surface area contributed by atoms with E-state index in [9.17, 15) is 30.3 Å². The van der Waals surface area contributed by atoms with Crippen LogP contribution in [0.5, 0.6) is 23.0 Å². The minimum absolute atomic E-state index is 0.0454. The second-order valence-corrected chi connectivity index (χ2v) is 8.36. The largest absolute Gasteiger partial charge is 0.497 e. The third-order valence-electron chi connectivity index (χ3n) is 5.10. The van der Waals surface area contributed by atoms with Crippen LogP contribution in [0.25, 0.3) is 6.08 Å². The van der Waals surface area contributed by atoms with Crippen LogP contribution in [0.15, 0.2) is 64.6 Å². The minimum Gasteiger partial charge on any atom is -0.497 e. The van der Waals surface area contributed by atoms with E-state index in [0.717, 1.165) is 23.8 Å². The van der Waals surface area contributed by atoms with Crippen LogP contribution in [0.1, 0.15) is 11.1 Å². The molecule has 3 aromatic rings. The molecule has 0 aromatic heterocycles. The van der Waals surface area contributed by atoms with Crippen LogP contribution < -0.4 is 19.5 Å². The van der Waals surface area contributed by atoms with Gasteiger partial charge in [0.15, 0.2) is 11.5 Å². The van der Waals surface area contributed by atoms with E-state index in [4.69, 9.17) is 14.2 Å². The molecule has 0 saturated carbocycles. The van der Waals surface area contributed by atoms with Crippen molar-refractivity contribution in [2.24, 2.45) is 0 Å². The van der Waals surface area contributed by atoms with Crippen molar-refractivity contribution in [1.29, 1.82) is 5.26 Å². The summed E-state index contributed by atoms with van der Waals surface area (Å²) in [7, 11) is 2.88. The van der Waals surface area contributed by atoms with Gasteiger partial charge in [0.05, 0.1) is 34.6 Å². The number of amides is 1. The van der Waals surface area contributed by atoms with Crippen LogP contribution >= 0.6 is 15.9 Å². The summed E-state index contributed by atoms with van der Waals surface area (Å²) in [6.45, 7) is 0.190. The summed E-state index contributed by atoms with van der Waals surface area (Å²) in [6, 6.07) is 14.9. The van der Waals surface area contributed by atoms with Crippen LogP contribution in [0.3, 0.4) is 0 Å². The third-order valence-corrected chi connectivity index (χ3v) is 5.69. The van der Waals surface area contributed by atoms with Gasteiger partial charge in [-0.15, -0.1) is 0 Å². The van der Waals surface area contributed by atoms with Gasteiger partial charge < -0.3 is 19.5 Å². The summed E-state index contributed by atoms with van der Waals surface area (Å²) >= 11 is 3.31. The Morgan fingerprint density at radius 1 is 1.03 bits per heavy atom. The molecule has 0 fully saturated rings. The number of halogens is 1. The summed E-state index contributed by atoms with van der Waals surface area (Å²) in [4.78, 5) is 33.5. The number of nitro benzene ring substituents is 2. The van der Waals surface area contributed by atoms with Crippen molar-refractivity contribution in [3.05, 3.63) is 96.0 Å². The molecule has 13 heteroatoms. The summed E-state index contributed by atoms with van der Waals surface area (Å²) in [5, 5.41) is 34.6. The molecular weight excluding hydrogens is 564 g/mol. The Bertz CT molecular complexity index is 1470. The number of nitriles is 1. The highest BCUT2D eigenvalue weighted by molar-refractivity contribution is 9.10. The van der Waals surface area contributed by atoms with Crippen molar-refractivity contribution in [2.45, 2.75) is 6.54 Å². The fourth-order valence-corrected chi connectivity index (χ4v) is 3.76. The summed E-state index contributed by atoms with van der Waals surface area (Å²) < 4.78 is 16.4. The number of nitrogens with one attached hydrogen (secondary N) is 1. The normalized spacial score (nSPS) is 10.7. The van der Waals surface area contributed by atoms with Crippen LogP contribution in [0, 0.1) is 31.6 Å². The van der Waals surface area contributed by atoms with E-state index >= 15 is 0 Å². The molecule has 194 valence electrons. The number of hydrogen-bond donors (Lipinski definition) is 1. The molecular formula is C25H19BrN4O8. The summed E-state index contributed by atoms with van der Waals surface area (Å²) in [5.74, 6) is -0.00940. The standard InChI is InChI=1S/C25H19BrN4O8/c1-36-19-6-3-15(4-7-19)14-28-25(31)17(13-27)9-16-10-20(26)24(23(11-16)37-2)38-22-8-5-18(29(32)33)12-21(22)30(34)35/h3-12H,14H2,1-2H3,(H,28,31)/b17-9-. The molecule has 38 heavy (non-hydrogen) atoms. The second-order valence-electron chi connectivity index (χ2n) is 7.50. The van der Waals surface area contributed by atoms with Crippen molar-refractivity contribution in [1.82, 2.24) is 5.32 Å². The predicted molar refractivity (Wildman–Crippen MR) is 139 cm³/mol. The topological polar surface area (TPSA) is 167 Å². The van der Waals surface area contributed by atoms with Gasteiger partial charge in [0, 0.05) is 12.6 Å². The smallest absolute Gasteiger partial charge is 0.318 e. The molecule has 0 aliphatic carbocycles. The first-order valence-electron chi connectivity index (χ1n) is 10.7. The first kappa shape index (κ1) is 27.6. The van der Waals surface area contributed by atoms with Gasteiger partial charge in [0.25, 0.3) is 11.6 Å². The van der Waals surface area contributed by atoms with Gasteiger partial charge in [-0.3, -0.25) is 25.0 Å². The van der Waals surface area contributed by atoms with Crippen molar-refractivity contribution in [3.8, 4) is 29.1 Å². The van der Waals surface area contributed by atoms with E-state index in [-0.39, 0.29) is 33.8 Å². The number of methoxy groups -OCH3 is 2. The Morgan fingerprint density at radius 2 is 1.74 bits per heavy atom. The Kier molecular flexibility index (Phi) is 8.96. The van der Waals surface area contributed by atoms with Gasteiger partial charge in [-0.05, 0) is 63.5 Å². The number of nitro groups is 2. The number of ether oxygens (including phenoxy) is 3. The van der Waals surface area contributed by atoms with Gasteiger partial charge >= 0.3 is 5.69 Å². The van der Waals surface area contributed by atoms with E-state index in [1.165, 1.54) is 25.3 Å². The maximum absolute atomic E-state index is 12.6. The molecule has 3 aromatic carbocycles. The van der Waals surface area contributed by atoms with E-state index in [2.05, 4.69) is 21.2 Å². The zero-order chi connectivity index (χ0) is 27.8. The Hall–Kier alpha value is -4.96. The number of hydrogen-bond acceptors (Lipinski definition) is 9. The lowest BCUT2D eigenvalue weighted by Gasteiger charge is -2.13. The predicted octanol–water partition coefficient (Wildman–Crippen LogP) is 5.30. The summed E-state index contributed by atoms with van der Waals surface area (Å²) in [6.07, 6.45) is 1.34. The SMILES string of the molecule is COc1ccc(CNC(=O)/C(C#N)=C\c2cc(Br)c(Oc3ccc([N+](=O)[O-])cc3[N+](=O)[O-])c(OC)c2)cc1. The summed E-state index contributed by atoms with van der Waals surface area (Å²) in [5.41, 5.74) is -0.0486. The molecule has 0 saturated heterocycles. The number of nitrogens with zero attached hydrogens (tertiary/aromatic N) is 3. The zero-order valence-electron chi connectivity index (χ0n) is 20.0. The van der Waals surface area contributed by atoms with E-state index in [1.807, 2.05) is 6.07 Å². The average Bonchev–Trinajstić information content (AvgIpc) is 2.91. The minimum atomic E-state index is -0.802. The van der Waals surface area contributed by atoms with Crippen LogP contribution in [-0.4, -0.2) is 30.0 Å². The molecule has 0 aliphatic heterocycles. The first-order valence-corrected chi connectivity index (χ1v) is 11.5. The van der Waals surface area contributed by atoms with Crippen molar-refractivity contribution >= 4 is 39.3 Å². The third kappa shape index (κ3) is 6.62. The molecule has 12 nitrogen and oxygen atoms in total. The molecule has 1 N–H and O–H groups in total. The van der Waals surface area contributed by atoms with Gasteiger partial charge in [-0.2, -0.15) is 5.26 Å². The average molecular weight is 583 g/mol. The second kappa shape index (κ2) is 12.3. The van der Waals surface area contributed by atoms with Crippen molar-refractivity contribution < 1.29 is 28.9 Å². The molecule has 1 amide bonds. The quantitative estimate of drug-likeness (QED) is 0.144. The number of rotatable bonds is 10. The van der Waals surface area contributed by atoms with E-state index < -0.39 is 27.1 Å². The van der Waals surface area contributed by atoms with Crippen molar-refractivity contribution in [3.63, 3.8) is 0 Å². The van der Waals surface area contributed by atoms with Gasteiger partial charge in [0.2, 0.25) is 5.75 Å². The Balaban J connectivity index is 1.86. The maximum atomic E-state index is 12.6. The lowest BCUT2D eigenvalue weighted by Crippen LogP contribution is -2.23. The monoisotopic (exact) mass is 582 g/mol. The molecule has 0 bridgehead atoms. The number of carbonyl (C=O) groups excluding carboxylic acids is 1. The Morgan fingerprint density at radius 3 is 2.32 bits per heavy atom. The number of non-ortho nitro benzene ring substituents is 1. The molecule has 3 rings (SSSR count). The molecule has 0 unspecified atom stereocenters. The fourth-order valence-electron chi connectivity index (χ4n) is 3.22. The Labute approximate surface area is 224 Å². The van der Waals surface area contributed by atoms with E-state index in [1.54, 1.807) is 31.4 Å².